The van der Waals surface area contributed by atoms with E-state index in [1.54, 1.807) is 0 Å². The Morgan fingerprint density at radius 2 is 1.02 bits per heavy atom. The molecule has 10 rings (SSSR count). The van der Waals surface area contributed by atoms with Gasteiger partial charge >= 0.3 is 0 Å². The van der Waals surface area contributed by atoms with Crippen molar-refractivity contribution < 1.29 is 0 Å². The molecule has 0 unspecified atom stereocenters. The van der Waals surface area contributed by atoms with E-state index >= 15 is 0 Å². The van der Waals surface area contributed by atoms with Crippen LogP contribution in [0.1, 0.15) is 0 Å². The number of rotatable bonds is 6. The third-order valence-electron chi connectivity index (χ3n) is 9.98. The monoisotopic (exact) mass is 668 g/mol. The average molecular weight is 669 g/mol. The van der Waals surface area contributed by atoms with E-state index in [1.165, 1.54) is 69.9 Å². The third kappa shape index (κ3) is 4.85. The lowest BCUT2D eigenvalue weighted by Crippen LogP contribution is -2.11. The summed E-state index contributed by atoms with van der Waals surface area (Å²) in [7, 11) is 0. The van der Waals surface area contributed by atoms with Gasteiger partial charge in [0.15, 0.2) is 0 Å². The van der Waals surface area contributed by atoms with Crippen LogP contribution in [0.25, 0.3) is 69.9 Å². The van der Waals surface area contributed by atoms with E-state index in [0.29, 0.717) is 0 Å². The largest absolute Gasteiger partial charge is 0.309 e. The first kappa shape index (κ1) is 29.5. The van der Waals surface area contributed by atoms with E-state index in [2.05, 4.69) is 204 Å². The molecular formula is C48H32N2S. The van der Waals surface area contributed by atoms with Gasteiger partial charge in [0.05, 0.1) is 22.4 Å². The molecule has 0 atom stereocenters. The minimum atomic E-state index is 1.12. The number of anilines is 3. The first-order valence-electron chi connectivity index (χ1n) is 17.4. The van der Waals surface area contributed by atoms with Crippen LogP contribution in [0.5, 0.6) is 0 Å². The van der Waals surface area contributed by atoms with Gasteiger partial charge in [0.25, 0.3) is 0 Å². The number of benzene rings is 8. The molecule has 8 aromatic carbocycles. The molecule has 0 aliphatic heterocycles. The van der Waals surface area contributed by atoms with Crippen LogP contribution in [0.15, 0.2) is 194 Å². The summed E-state index contributed by atoms with van der Waals surface area (Å²) in [4.78, 5) is 2.45. The molecule has 0 fully saturated rings. The van der Waals surface area contributed by atoms with Crippen LogP contribution >= 0.6 is 11.3 Å². The second-order valence-corrected chi connectivity index (χ2v) is 14.0. The van der Waals surface area contributed by atoms with Gasteiger partial charge in [-0.05, 0) is 71.3 Å². The van der Waals surface area contributed by atoms with Crippen molar-refractivity contribution in [3.05, 3.63) is 194 Å². The fourth-order valence-electron chi connectivity index (χ4n) is 7.75. The zero-order valence-electron chi connectivity index (χ0n) is 27.8. The topological polar surface area (TPSA) is 8.17 Å². The van der Waals surface area contributed by atoms with Gasteiger partial charge in [-0.1, -0.05) is 140 Å². The quantitative estimate of drug-likeness (QED) is 0.171. The van der Waals surface area contributed by atoms with Crippen molar-refractivity contribution in [1.29, 1.82) is 0 Å². The molecule has 240 valence electrons. The summed E-state index contributed by atoms with van der Waals surface area (Å²) in [6.45, 7) is 0. The highest BCUT2D eigenvalue weighted by atomic mass is 32.1. The number of hydrogen-bond donors (Lipinski definition) is 0. The van der Waals surface area contributed by atoms with E-state index in [0.717, 1.165) is 17.1 Å². The van der Waals surface area contributed by atoms with Crippen LogP contribution in [0, 0.1) is 0 Å². The van der Waals surface area contributed by atoms with E-state index < -0.39 is 0 Å². The Bertz CT molecular complexity index is 2810. The highest BCUT2D eigenvalue weighted by Gasteiger charge is 2.23. The molecule has 0 aliphatic rings. The smallest absolute Gasteiger partial charge is 0.0555 e. The Kier molecular flexibility index (Phi) is 7.04. The predicted molar refractivity (Wildman–Crippen MR) is 219 cm³/mol. The molecule has 0 aliphatic carbocycles. The molecule has 2 heterocycles. The van der Waals surface area contributed by atoms with Crippen molar-refractivity contribution in [3.8, 4) is 27.9 Å². The minimum Gasteiger partial charge on any atom is -0.309 e. The molecule has 2 aromatic heterocycles. The van der Waals surface area contributed by atoms with Crippen LogP contribution < -0.4 is 4.90 Å². The number of hydrogen-bond acceptors (Lipinski definition) is 2. The first-order valence-corrected chi connectivity index (χ1v) is 18.2. The van der Waals surface area contributed by atoms with Crippen LogP contribution in [-0.2, 0) is 0 Å². The van der Waals surface area contributed by atoms with Gasteiger partial charge in [-0.2, -0.15) is 0 Å². The standard InChI is InChI=1S/C48H32N2S/c1-3-16-33(17-4-1)37-22-7-11-26-42(37)49(35-19-5-2-6-20-35)45-31-30-38(48-47(45)41-25-10-14-29-46(41)51-48)34-18-15-21-36(32-34)50-43-27-12-8-23-39(43)40-24-9-13-28-44(40)50/h1-32H. The summed E-state index contributed by atoms with van der Waals surface area (Å²) >= 11 is 1.88. The Hall–Kier alpha value is -6.42. The zero-order valence-corrected chi connectivity index (χ0v) is 28.6. The van der Waals surface area contributed by atoms with Gasteiger partial charge in [0.1, 0.15) is 0 Å². The zero-order chi connectivity index (χ0) is 33.7. The van der Waals surface area contributed by atoms with Gasteiger partial charge in [-0.25, -0.2) is 0 Å². The van der Waals surface area contributed by atoms with Gasteiger partial charge in [0, 0.05) is 47.9 Å². The summed E-state index contributed by atoms with van der Waals surface area (Å²) in [5, 5.41) is 5.08. The van der Waals surface area contributed by atoms with Crippen molar-refractivity contribution in [2.24, 2.45) is 0 Å². The lowest BCUT2D eigenvalue weighted by molar-refractivity contribution is 1.18. The average Bonchev–Trinajstić information content (AvgIpc) is 3.76. The Morgan fingerprint density at radius 3 is 1.78 bits per heavy atom. The van der Waals surface area contributed by atoms with Gasteiger partial charge in [-0.3, -0.25) is 0 Å². The lowest BCUT2D eigenvalue weighted by Gasteiger charge is -2.29. The third-order valence-corrected chi connectivity index (χ3v) is 11.2. The van der Waals surface area contributed by atoms with Crippen molar-refractivity contribution >= 4 is 70.4 Å². The molecule has 10 aromatic rings. The first-order chi connectivity index (χ1) is 25.3. The molecule has 0 amide bonds. The lowest BCUT2D eigenvalue weighted by atomic mass is 9.98. The maximum atomic E-state index is 2.45. The summed E-state index contributed by atoms with van der Waals surface area (Å²) in [5.41, 5.74) is 11.9. The van der Waals surface area contributed by atoms with Gasteiger partial charge in [0.2, 0.25) is 0 Å². The van der Waals surface area contributed by atoms with Crippen LogP contribution in [0.4, 0.5) is 17.1 Å². The molecule has 0 bridgehead atoms. The molecule has 0 saturated carbocycles. The highest BCUT2D eigenvalue weighted by molar-refractivity contribution is 7.26. The predicted octanol–water partition coefficient (Wildman–Crippen LogP) is 14.0. The van der Waals surface area contributed by atoms with E-state index in [1.807, 2.05) is 11.3 Å². The van der Waals surface area contributed by atoms with Crippen LogP contribution in [-0.4, -0.2) is 4.57 Å². The maximum absolute atomic E-state index is 2.45. The van der Waals surface area contributed by atoms with Gasteiger partial charge < -0.3 is 9.47 Å². The Balaban J connectivity index is 1.22. The second kappa shape index (κ2) is 12.2. The molecule has 0 spiro atoms. The van der Waals surface area contributed by atoms with Crippen molar-refractivity contribution in [3.63, 3.8) is 0 Å². The number of thiophene rings is 1. The van der Waals surface area contributed by atoms with Crippen LogP contribution in [0.3, 0.4) is 0 Å². The van der Waals surface area contributed by atoms with E-state index in [4.69, 9.17) is 0 Å². The second-order valence-electron chi connectivity index (χ2n) is 12.9. The summed E-state index contributed by atoms with van der Waals surface area (Å²) in [6.07, 6.45) is 0. The maximum Gasteiger partial charge on any atom is 0.0555 e. The van der Waals surface area contributed by atoms with Crippen LogP contribution in [0.2, 0.25) is 0 Å². The highest BCUT2D eigenvalue weighted by Crippen LogP contribution is 2.50. The normalized spacial score (nSPS) is 11.5. The number of nitrogens with zero attached hydrogens (tertiary/aromatic N) is 2. The number of aromatic nitrogens is 1. The van der Waals surface area contributed by atoms with E-state index in [-0.39, 0.29) is 0 Å². The van der Waals surface area contributed by atoms with Gasteiger partial charge in [-0.15, -0.1) is 11.3 Å². The van der Waals surface area contributed by atoms with Crippen molar-refractivity contribution in [2.75, 3.05) is 4.90 Å². The molecule has 0 radical (unpaired) electrons. The number of para-hydroxylation sites is 4. The summed E-state index contributed by atoms with van der Waals surface area (Å²) < 4.78 is 4.97. The number of fused-ring (bicyclic) bond motifs is 6. The van der Waals surface area contributed by atoms with E-state index in [9.17, 15) is 0 Å². The molecular weight excluding hydrogens is 637 g/mol. The molecule has 0 N–H and O–H groups in total. The molecule has 51 heavy (non-hydrogen) atoms. The molecule has 3 heteroatoms. The Labute approximate surface area is 300 Å². The molecule has 2 nitrogen and oxygen atoms in total. The minimum absolute atomic E-state index is 1.12. The molecule has 0 saturated heterocycles. The van der Waals surface area contributed by atoms with Crippen molar-refractivity contribution in [1.82, 2.24) is 4.57 Å². The fraction of sp³-hybridized carbons (Fsp3) is 0. The van der Waals surface area contributed by atoms with Crippen molar-refractivity contribution in [2.45, 2.75) is 0 Å². The SMILES string of the molecule is c1ccc(-c2ccccc2N(c2ccccc2)c2ccc(-c3cccc(-n4c5ccccc5c5ccccc54)c3)c3sc4ccccc4c23)cc1. The summed E-state index contributed by atoms with van der Waals surface area (Å²) in [6, 6.07) is 70.3. The fourth-order valence-corrected chi connectivity index (χ4v) is 9.01. The summed E-state index contributed by atoms with van der Waals surface area (Å²) in [5.74, 6) is 0. The Morgan fingerprint density at radius 1 is 0.412 bits per heavy atom.